The summed E-state index contributed by atoms with van der Waals surface area (Å²) in [5.74, 6) is 0.476. The van der Waals surface area contributed by atoms with E-state index in [0.29, 0.717) is 17.9 Å². The molecule has 2 rings (SSSR count). The van der Waals surface area contributed by atoms with Crippen LogP contribution in [0, 0.1) is 0 Å². The first kappa shape index (κ1) is 15.1. The highest BCUT2D eigenvalue weighted by molar-refractivity contribution is 5.94. The minimum Gasteiger partial charge on any atom is -0.342 e. The fourth-order valence-corrected chi connectivity index (χ4v) is 1.56. The Kier molecular flexibility index (Phi) is 5.47. The second kappa shape index (κ2) is 6.86. The van der Waals surface area contributed by atoms with E-state index in [0.717, 1.165) is 5.56 Å². The van der Waals surface area contributed by atoms with Crippen molar-refractivity contribution in [2.45, 2.75) is 19.5 Å². The van der Waals surface area contributed by atoms with Crippen LogP contribution >= 0.6 is 12.4 Å². The van der Waals surface area contributed by atoms with E-state index in [9.17, 15) is 4.79 Å². The van der Waals surface area contributed by atoms with Crippen molar-refractivity contribution in [2.75, 3.05) is 0 Å². The zero-order valence-corrected chi connectivity index (χ0v) is 11.3. The smallest absolute Gasteiger partial charge is 0.251 e. The number of nitrogens with one attached hydrogen (secondary N) is 2. The number of nitrogens with two attached hydrogens (primary N) is 1. The van der Waals surface area contributed by atoms with E-state index in [4.69, 9.17) is 5.73 Å². The molecule has 1 amide bonds. The molecule has 0 saturated carbocycles. The molecule has 1 atom stereocenters. The number of rotatable bonds is 4. The maximum Gasteiger partial charge on any atom is 0.251 e. The van der Waals surface area contributed by atoms with Crippen LogP contribution in [0.2, 0.25) is 0 Å². The summed E-state index contributed by atoms with van der Waals surface area (Å²) in [6, 6.07) is 6.98. The van der Waals surface area contributed by atoms with Gasteiger partial charge < -0.3 is 11.1 Å². The number of carbonyl (C=O) groups excluding carboxylic acids is 1. The highest BCUT2D eigenvalue weighted by Crippen LogP contribution is 2.08. The summed E-state index contributed by atoms with van der Waals surface area (Å²) in [6.07, 6.45) is 1.41. The van der Waals surface area contributed by atoms with Gasteiger partial charge in [0, 0.05) is 12.1 Å². The second-order valence-electron chi connectivity index (χ2n) is 3.97. The minimum absolute atomic E-state index is 0. The molecule has 7 heteroatoms. The summed E-state index contributed by atoms with van der Waals surface area (Å²) in [5, 5.41) is 9.30. The van der Waals surface area contributed by atoms with Gasteiger partial charge in [0.2, 0.25) is 0 Å². The molecule has 1 unspecified atom stereocenters. The lowest BCUT2D eigenvalue weighted by Crippen LogP contribution is -2.27. The zero-order chi connectivity index (χ0) is 13.0. The molecule has 1 heterocycles. The molecule has 1 aromatic carbocycles. The summed E-state index contributed by atoms with van der Waals surface area (Å²) < 4.78 is 0. The highest BCUT2D eigenvalue weighted by atomic mass is 35.5. The number of hydrogen-bond acceptors (Lipinski definition) is 4. The van der Waals surface area contributed by atoms with E-state index in [1.165, 1.54) is 6.33 Å². The average molecular weight is 282 g/mol. The first-order chi connectivity index (χ1) is 8.70. The predicted molar refractivity (Wildman–Crippen MR) is 73.8 cm³/mol. The first-order valence-electron chi connectivity index (χ1n) is 5.66. The second-order valence-corrected chi connectivity index (χ2v) is 3.97. The van der Waals surface area contributed by atoms with Gasteiger partial charge in [-0.15, -0.1) is 12.4 Å². The number of amides is 1. The predicted octanol–water partition coefficient (Wildman–Crippen LogP) is 1.18. The van der Waals surface area contributed by atoms with E-state index >= 15 is 0 Å². The van der Waals surface area contributed by atoms with Crippen molar-refractivity contribution >= 4 is 18.3 Å². The lowest BCUT2D eigenvalue weighted by Gasteiger charge is -2.11. The van der Waals surface area contributed by atoms with Crippen LogP contribution in [0.15, 0.2) is 30.6 Å². The summed E-state index contributed by atoms with van der Waals surface area (Å²) in [4.78, 5) is 15.9. The third kappa shape index (κ3) is 3.77. The normalized spacial score (nSPS) is 11.5. The summed E-state index contributed by atoms with van der Waals surface area (Å²) in [5.41, 5.74) is 7.09. The molecule has 4 N–H and O–H groups in total. The fraction of sp³-hybridized carbons (Fsp3) is 0.250. The Balaban J connectivity index is 0.00000180. The molecule has 0 spiro atoms. The van der Waals surface area contributed by atoms with Gasteiger partial charge in [-0.2, -0.15) is 5.10 Å². The number of carbonyl (C=O) groups is 1. The SMILES string of the molecule is CC(NC(=O)c1ccc(CN)cc1)c1ncn[nH]1.Cl. The molecule has 0 aliphatic rings. The molecule has 0 aliphatic heterocycles. The molecule has 19 heavy (non-hydrogen) atoms. The number of benzene rings is 1. The Labute approximate surface area is 117 Å². The number of halogens is 1. The summed E-state index contributed by atoms with van der Waals surface area (Å²) in [7, 11) is 0. The van der Waals surface area contributed by atoms with Crippen LogP contribution in [0.3, 0.4) is 0 Å². The molecular weight excluding hydrogens is 266 g/mol. The highest BCUT2D eigenvalue weighted by Gasteiger charge is 2.13. The van der Waals surface area contributed by atoms with Crippen LogP contribution in [0.25, 0.3) is 0 Å². The third-order valence-corrected chi connectivity index (χ3v) is 2.64. The number of aromatic nitrogens is 3. The molecule has 0 bridgehead atoms. The molecule has 6 nitrogen and oxygen atoms in total. The van der Waals surface area contributed by atoms with Gasteiger partial charge >= 0.3 is 0 Å². The summed E-state index contributed by atoms with van der Waals surface area (Å²) >= 11 is 0. The van der Waals surface area contributed by atoms with E-state index in [2.05, 4.69) is 20.5 Å². The molecule has 0 fully saturated rings. The topological polar surface area (TPSA) is 96.7 Å². The zero-order valence-electron chi connectivity index (χ0n) is 10.5. The van der Waals surface area contributed by atoms with E-state index in [1.54, 1.807) is 12.1 Å². The van der Waals surface area contributed by atoms with Crippen molar-refractivity contribution in [3.05, 3.63) is 47.5 Å². The quantitative estimate of drug-likeness (QED) is 0.784. The summed E-state index contributed by atoms with van der Waals surface area (Å²) in [6.45, 7) is 2.31. The molecule has 0 radical (unpaired) electrons. The third-order valence-electron chi connectivity index (χ3n) is 2.64. The number of H-pyrrole nitrogens is 1. The van der Waals surface area contributed by atoms with Gasteiger partial charge in [0.25, 0.3) is 5.91 Å². The standard InChI is InChI=1S/C12H15N5O.ClH/c1-8(11-14-7-15-17-11)16-12(18)10-4-2-9(6-13)3-5-10;/h2-5,7-8H,6,13H2,1H3,(H,16,18)(H,14,15,17);1H. The molecular formula is C12H16ClN5O. The molecule has 102 valence electrons. The number of hydrogen-bond donors (Lipinski definition) is 3. The largest absolute Gasteiger partial charge is 0.342 e. The Morgan fingerprint density at radius 2 is 2.11 bits per heavy atom. The van der Waals surface area contributed by atoms with E-state index in [1.807, 2.05) is 19.1 Å². The van der Waals surface area contributed by atoms with Crippen molar-refractivity contribution in [1.82, 2.24) is 20.5 Å². The van der Waals surface area contributed by atoms with Gasteiger partial charge in [-0.25, -0.2) is 4.98 Å². The lowest BCUT2D eigenvalue weighted by atomic mass is 10.1. The van der Waals surface area contributed by atoms with E-state index in [-0.39, 0.29) is 24.4 Å². The molecule has 0 aliphatic carbocycles. The van der Waals surface area contributed by atoms with Crippen LogP contribution in [-0.2, 0) is 6.54 Å². The maximum absolute atomic E-state index is 11.9. The molecule has 1 aromatic heterocycles. The molecule has 2 aromatic rings. The van der Waals surface area contributed by atoms with Crippen LogP contribution in [0.4, 0.5) is 0 Å². The van der Waals surface area contributed by atoms with Gasteiger partial charge in [-0.05, 0) is 24.6 Å². The minimum atomic E-state index is -0.214. The maximum atomic E-state index is 11.9. The number of aromatic amines is 1. The van der Waals surface area contributed by atoms with Crippen molar-refractivity contribution in [3.63, 3.8) is 0 Å². The Bertz CT molecular complexity index is 511. The Hall–Kier alpha value is -1.92. The van der Waals surface area contributed by atoms with Gasteiger partial charge in [0.05, 0.1) is 6.04 Å². The van der Waals surface area contributed by atoms with Crippen molar-refractivity contribution in [1.29, 1.82) is 0 Å². The molecule has 0 saturated heterocycles. The van der Waals surface area contributed by atoms with Crippen LogP contribution in [0.1, 0.15) is 34.7 Å². The average Bonchev–Trinajstić information content (AvgIpc) is 2.92. The van der Waals surface area contributed by atoms with Crippen molar-refractivity contribution in [3.8, 4) is 0 Å². The Morgan fingerprint density at radius 3 is 2.63 bits per heavy atom. The number of nitrogens with zero attached hydrogens (tertiary/aromatic N) is 2. The van der Waals surface area contributed by atoms with E-state index < -0.39 is 0 Å². The van der Waals surface area contributed by atoms with Gasteiger partial charge in [0.1, 0.15) is 12.2 Å². The fourth-order valence-electron chi connectivity index (χ4n) is 1.56. The van der Waals surface area contributed by atoms with Gasteiger partial charge in [-0.3, -0.25) is 9.89 Å². The Morgan fingerprint density at radius 1 is 1.42 bits per heavy atom. The van der Waals surface area contributed by atoms with Gasteiger partial charge in [-0.1, -0.05) is 12.1 Å². The van der Waals surface area contributed by atoms with Crippen molar-refractivity contribution in [2.24, 2.45) is 5.73 Å². The van der Waals surface area contributed by atoms with Gasteiger partial charge in [0.15, 0.2) is 0 Å². The van der Waals surface area contributed by atoms with Crippen LogP contribution < -0.4 is 11.1 Å². The van der Waals surface area contributed by atoms with Crippen LogP contribution in [0.5, 0.6) is 0 Å². The van der Waals surface area contributed by atoms with Crippen molar-refractivity contribution < 1.29 is 4.79 Å². The lowest BCUT2D eigenvalue weighted by molar-refractivity contribution is 0.0938. The first-order valence-corrected chi connectivity index (χ1v) is 5.66. The monoisotopic (exact) mass is 281 g/mol. The van der Waals surface area contributed by atoms with Crippen LogP contribution in [-0.4, -0.2) is 21.1 Å².